The van der Waals surface area contributed by atoms with Gasteiger partial charge in [-0.05, 0) is 18.2 Å². The molecule has 3 aromatic heterocycles. The number of fused-ring (bicyclic) bond motifs is 1. The average Bonchev–Trinajstić information content (AvgIpc) is 3.04. The summed E-state index contributed by atoms with van der Waals surface area (Å²) in [5.74, 6) is -0.0436. The predicted molar refractivity (Wildman–Crippen MR) is 95.0 cm³/mol. The van der Waals surface area contributed by atoms with Crippen LogP contribution in [0.3, 0.4) is 0 Å². The Labute approximate surface area is 149 Å². The van der Waals surface area contributed by atoms with Crippen molar-refractivity contribution in [2.24, 2.45) is 0 Å². The molecule has 0 unspecified atom stereocenters. The summed E-state index contributed by atoms with van der Waals surface area (Å²) in [6.07, 6.45) is 11.8. The smallest absolute Gasteiger partial charge is 0.270 e. The van der Waals surface area contributed by atoms with E-state index >= 15 is 0 Å². The van der Waals surface area contributed by atoms with Crippen LogP contribution in [0, 0.1) is 0 Å². The zero-order valence-electron chi connectivity index (χ0n) is 13.8. The van der Waals surface area contributed by atoms with E-state index in [1.807, 2.05) is 24.3 Å². The van der Waals surface area contributed by atoms with Gasteiger partial charge in [0.2, 0.25) is 0 Å². The first-order valence-corrected chi connectivity index (χ1v) is 7.92. The third-order valence-corrected chi connectivity index (χ3v) is 4.49. The second kappa shape index (κ2) is 5.99. The highest BCUT2D eigenvalue weighted by atomic mass is 16.2. The van der Waals surface area contributed by atoms with Gasteiger partial charge in [-0.3, -0.25) is 4.79 Å². The second-order valence-corrected chi connectivity index (χ2v) is 5.87. The van der Waals surface area contributed by atoms with E-state index in [9.17, 15) is 4.79 Å². The van der Waals surface area contributed by atoms with E-state index < -0.39 is 5.41 Å². The third-order valence-electron chi connectivity index (χ3n) is 4.49. The standard InChI is InChI=1S/C18H15N7O/c1-2-16(26)25-13-9-18(14-4-7-20-10-22-14,15-5-8-21-11-23-15)6-3-12(13)17(19)24-25/h2-8,10-11H,1,9H2,(H2,19,24). The molecule has 4 rings (SSSR count). The molecular formula is C18H15N7O. The fourth-order valence-electron chi connectivity index (χ4n) is 3.25. The zero-order valence-corrected chi connectivity index (χ0v) is 13.8. The van der Waals surface area contributed by atoms with Gasteiger partial charge in [0.1, 0.15) is 12.7 Å². The van der Waals surface area contributed by atoms with Crippen LogP contribution in [0.1, 0.15) is 27.4 Å². The number of aromatic nitrogens is 6. The molecule has 0 fully saturated rings. The highest BCUT2D eigenvalue weighted by Gasteiger charge is 2.40. The summed E-state index contributed by atoms with van der Waals surface area (Å²) in [6.45, 7) is 3.54. The maximum Gasteiger partial charge on any atom is 0.270 e. The number of carbonyl (C=O) groups is 1. The zero-order chi connectivity index (χ0) is 18.1. The molecule has 0 spiro atoms. The van der Waals surface area contributed by atoms with Crippen molar-refractivity contribution in [3.63, 3.8) is 0 Å². The first-order chi connectivity index (χ1) is 12.7. The van der Waals surface area contributed by atoms with Crippen LogP contribution in [0.25, 0.3) is 6.08 Å². The van der Waals surface area contributed by atoms with Crippen LogP contribution in [-0.2, 0) is 11.8 Å². The molecule has 0 bridgehead atoms. The molecule has 1 aliphatic rings. The Morgan fingerprint density at radius 2 is 1.85 bits per heavy atom. The van der Waals surface area contributed by atoms with Crippen molar-refractivity contribution < 1.29 is 4.79 Å². The maximum absolute atomic E-state index is 12.2. The minimum Gasteiger partial charge on any atom is -0.382 e. The van der Waals surface area contributed by atoms with Gasteiger partial charge in [-0.2, -0.15) is 4.68 Å². The van der Waals surface area contributed by atoms with Crippen molar-refractivity contribution in [2.75, 3.05) is 5.73 Å². The fourth-order valence-corrected chi connectivity index (χ4v) is 3.25. The molecule has 0 amide bonds. The molecule has 8 heteroatoms. The third kappa shape index (κ3) is 2.31. The molecular weight excluding hydrogens is 330 g/mol. The maximum atomic E-state index is 12.2. The van der Waals surface area contributed by atoms with E-state index in [0.717, 1.165) is 17.0 Å². The summed E-state index contributed by atoms with van der Waals surface area (Å²) < 4.78 is 1.29. The summed E-state index contributed by atoms with van der Waals surface area (Å²) in [4.78, 5) is 29.1. The number of carbonyl (C=O) groups excluding carboxylic acids is 1. The quantitative estimate of drug-likeness (QED) is 0.714. The van der Waals surface area contributed by atoms with Crippen LogP contribution >= 0.6 is 0 Å². The Hall–Kier alpha value is -3.68. The normalized spacial score (nSPS) is 14.6. The van der Waals surface area contributed by atoms with Crippen molar-refractivity contribution in [3.05, 3.63) is 78.6 Å². The molecule has 0 saturated carbocycles. The van der Waals surface area contributed by atoms with Crippen LogP contribution in [0.15, 0.2) is 55.9 Å². The first-order valence-electron chi connectivity index (χ1n) is 7.92. The van der Waals surface area contributed by atoms with Gasteiger partial charge in [-0.25, -0.2) is 19.9 Å². The van der Waals surface area contributed by atoms with E-state index in [0.29, 0.717) is 17.9 Å². The highest BCUT2D eigenvalue weighted by Crippen LogP contribution is 2.40. The Kier molecular flexibility index (Phi) is 3.65. The topological polar surface area (TPSA) is 112 Å². The van der Waals surface area contributed by atoms with E-state index in [1.165, 1.54) is 23.4 Å². The molecule has 26 heavy (non-hydrogen) atoms. The monoisotopic (exact) mass is 345 g/mol. The first kappa shape index (κ1) is 15.8. The number of nitrogens with two attached hydrogens (primary N) is 1. The second-order valence-electron chi connectivity index (χ2n) is 5.87. The predicted octanol–water partition coefficient (Wildman–Crippen LogP) is 1.43. The van der Waals surface area contributed by atoms with Crippen LogP contribution < -0.4 is 5.73 Å². The Balaban J connectivity index is 1.95. The summed E-state index contributed by atoms with van der Waals surface area (Å²) in [6, 6.07) is 3.66. The lowest BCUT2D eigenvalue weighted by molar-refractivity contribution is 0.0950. The highest BCUT2D eigenvalue weighted by molar-refractivity contribution is 5.90. The number of allylic oxidation sites excluding steroid dienone is 2. The summed E-state index contributed by atoms with van der Waals surface area (Å²) >= 11 is 0. The van der Waals surface area contributed by atoms with E-state index in [1.54, 1.807) is 12.4 Å². The molecule has 0 radical (unpaired) electrons. The molecule has 8 nitrogen and oxygen atoms in total. The van der Waals surface area contributed by atoms with Crippen molar-refractivity contribution >= 4 is 17.8 Å². The lowest BCUT2D eigenvalue weighted by Crippen LogP contribution is -2.34. The van der Waals surface area contributed by atoms with Crippen molar-refractivity contribution in [3.8, 4) is 0 Å². The SMILES string of the molecule is C=CC(=O)n1nc(N)c2c1CC(c1ccncn1)(c1ccncn1)C=C2. The number of hydrogen-bond donors (Lipinski definition) is 1. The Bertz CT molecular complexity index is 969. The van der Waals surface area contributed by atoms with Crippen molar-refractivity contribution in [1.29, 1.82) is 0 Å². The Morgan fingerprint density at radius 3 is 2.38 bits per heavy atom. The minimum absolute atomic E-state index is 0.297. The van der Waals surface area contributed by atoms with Gasteiger partial charge in [-0.1, -0.05) is 18.7 Å². The molecule has 1 aliphatic carbocycles. The number of hydrogen-bond acceptors (Lipinski definition) is 7. The van der Waals surface area contributed by atoms with Gasteiger partial charge in [0, 0.05) is 24.4 Å². The average molecular weight is 345 g/mol. The van der Waals surface area contributed by atoms with Gasteiger partial charge in [0.15, 0.2) is 5.82 Å². The molecule has 2 N–H and O–H groups in total. The molecule has 3 aromatic rings. The van der Waals surface area contributed by atoms with Gasteiger partial charge in [0.05, 0.1) is 22.5 Å². The van der Waals surface area contributed by atoms with Gasteiger partial charge < -0.3 is 5.73 Å². The largest absolute Gasteiger partial charge is 0.382 e. The summed E-state index contributed by atoms with van der Waals surface area (Å²) in [7, 11) is 0. The van der Waals surface area contributed by atoms with E-state index in [2.05, 4.69) is 31.6 Å². The lowest BCUT2D eigenvalue weighted by atomic mass is 9.73. The molecule has 128 valence electrons. The number of nitrogen functional groups attached to an aromatic ring is 1. The number of anilines is 1. The van der Waals surface area contributed by atoms with Gasteiger partial charge in [-0.15, -0.1) is 5.10 Å². The molecule has 0 saturated heterocycles. The molecule has 3 heterocycles. The minimum atomic E-state index is -0.690. The van der Waals surface area contributed by atoms with Gasteiger partial charge in [0.25, 0.3) is 5.91 Å². The van der Waals surface area contributed by atoms with Crippen LogP contribution in [0.2, 0.25) is 0 Å². The number of rotatable bonds is 3. The molecule has 0 atom stereocenters. The fraction of sp³-hybridized carbons (Fsp3) is 0.111. The Morgan fingerprint density at radius 1 is 1.19 bits per heavy atom. The number of nitrogens with zero attached hydrogens (tertiary/aromatic N) is 6. The van der Waals surface area contributed by atoms with Crippen molar-refractivity contribution in [1.82, 2.24) is 29.7 Å². The summed E-state index contributed by atoms with van der Waals surface area (Å²) in [5, 5.41) is 4.17. The van der Waals surface area contributed by atoms with Gasteiger partial charge >= 0.3 is 0 Å². The van der Waals surface area contributed by atoms with Crippen LogP contribution in [-0.4, -0.2) is 35.6 Å². The lowest BCUT2D eigenvalue weighted by Gasteiger charge is -2.32. The van der Waals surface area contributed by atoms with Crippen LogP contribution in [0.4, 0.5) is 5.82 Å². The molecule has 0 aromatic carbocycles. The summed E-state index contributed by atoms with van der Waals surface area (Å²) in [5.41, 5.74) is 8.23. The van der Waals surface area contributed by atoms with E-state index in [4.69, 9.17) is 5.73 Å². The van der Waals surface area contributed by atoms with E-state index in [-0.39, 0.29) is 5.91 Å². The van der Waals surface area contributed by atoms with Crippen LogP contribution in [0.5, 0.6) is 0 Å². The van der Waals surface area contributed by atoms with Crippen molar-refractivity contribution in [2.45, 2.75) is 11.8 Å². The molecule has 0 aliphatic heterocycles.